The molecule has 0 saturated heterocycles. The van der Waals surface area contributed by atoms with E-state index in [9.17, 15) is 14.7 Å². The standard InChI is InChI=1S/C17H14ClNO3/c1-11-7-8-14(13(18)9-11)19-17(22)16(21)10-15(20)12-5-3-2-4-6-12/h2-10,20H,1H3,(H,19,22)/b15-10-. The van der Waals surface area contributed by atoms with Crippen LogP contribution in [-0.4, -0.2) is 16.8 Å². The Balaban J connectivity index is 2.11. The van der Waals surface area contributed by atoms with Gasteiger partial charge in [0.2, 0.25) is 5.78 Å². The van der Waals surface area contributed by atoms with E-state index < -0.39 is 11.7 Å². The van der Waals surface area contributed by atoms with Crippen LogP contribution in [0.1, 0.15) is 11.1 Å². The Morgan fingerprint density at radius 1 is 1.14 bits per heavy atom. The van der Waals surface area contributed by atoms with Gasteiger partial charge in [-0.1, -0.05) is 48.0 Å². The van der Waals surface area contributed by atoms with Gasteiger partial charge in [-0.25, -0.2) is 0 Å². The van der Waals surface area contributed by atoms with Gasteiger partial charge in [0.1, 0.15) is 5.76 Å². The number of nitrogens with one attached hydrogen (secondary N) is 1. The SMILES string of the molecule is Cc1ccc(NC(=O)C(=O)/C=C(\O)c2ccccc2)c(Cl)c1. The van der Waals surface area contributed by atoms with Crippen LogP contribution >= 0.6 is 11.6 Å². The van der Waals surface area contributed by atoms with Gasteiger partial charge in [-0.05, 0) is 24.6 Å². The molecular formula is C17H14ClNO3. The van der Waals surface area contributed by atoms with E-state index in [1.807, 2.05) is 6.92 Å². The normalized spacial score (nSPS) is 11.1. The molecule has 0 aliphatic rings. The first-order chi connectivity index (χ1) is 10.5. The summed E-state index contributed by atoms with van der Waals surface area (Å²) in [5.74, 6) is -2.00. The van der Waals surface area contributed by atoms with Gasteiger partial charge in [0, 0.05) is 11.6 Å². The molecule has 1 amide bonds. The van der Waals surface area contributed by atoms with Crippen molar-refractivity contribution in [2.24, 2.45) is 0 Å². The number of halogens is 1. The Labute approximate surface area is 133 Å². The molecule has 5 heteroatoms. The lowest BCUT2D eigenvalue weighted by atomic mass is 10.1. The average Bonchev–Trinajstić information content (AvgIpc) is 2.50. The van der Waals surface area contributed by atoms with Crippen LogP contribution in [0, 0.1) is 6.92 Å². The summed E-state index contributed by atoms with van der Waals surface area (Å²) in [6, 6.07) is 13.5. The van der Waals surface area contributed by atoms with E-state index in [1.54, 1.807) is 48.5 Å². The molecule has 0 aliphatic heterocycles. The zero-order valence-corrected chi connectivity index (χ0v) is 12.6. The summed E-state index contributed by atoms with van der Waals surface area (Å²) in [7, 11) is 0. The number of anilines is 1. The van der Waals surface area contributed by atoms with Crippen molar-refractivity contribution in [1.82, 2.24) is 0 Å². The number of aliphatic hydroxyl groups excluding tert-OH is 1. The Morgan fingerprint density at radius 2 is 1.82 bits per heavy atom. The molecule has 0 aliphatic carbocycles. The summed E-state index contributed by atoms with van der Waals surface area (Å²) in [5.41, 5.74) is 1.74. The molecule has 0 atom stereocenters. The first-order valence-electron chi connectivity index (χ1n) is 6.55. The fourth-order valence-corrected chi connectivity index (χ4v) is 2.07. The second-order valence-corrected chi connectivity index (χ2v) is 5.10. The van der Waals surface area contributed by atoms with Gasteiger partial charge in [-0.2, -0.15) is 0 Å². The Bertz CT molecular complexity index is 739. The maximum Gasteiger partial charge on any atom is 0.296 e. The molecule has 0 unspecified atom stereocenters. The van der Waals surface area contributed by atoms with Crippen molar-refractivity contribution in [1.29, 1.82) is 0 Å². The predicted octanol–water partition coefficient (Wildman–Crippen LogP) is 3.76. The fraction of sp³-hybridized carbons (Fsp3) is 0.0588. The maximum absolute atomic E-state index is 11.8. The van der Waals surface area contributed by atoms with E-state index in [4.69, 9.17) is 11.6 Å². The molecule has 22 heavy (non-hydrogen) atoms. The largest absolute Gasteiger partial charge is 0.507 e. The number of hydrogen-bond donors (Lipinski definition) is 2. The molecule has 0 aromatic heterocycles. The Hall–Kier alpha value is -2.59. The lowest BCUT2D eigenvalue weighted by Gasteiger charge is -2.06. The van der Waals surface area contributed by atoms with Gasteiger partial charge in [-0.3, -0.25) is 9.59 Å². The molecule has 2 aromatic rings. The second-order valence-electron chi connectivity index (χ2n) is 4.70. The summed E-state index contributed by atoms with van der Waals surface area (Å²) in [6.45, 7) is 1.86. The molecule has 2 N–H and O–H groups in total. The summed E-state index contributed by atoms with van der Waals surface area (Å²) in [5, 5.41) is 12.6. The molecule has 0 bridgehead atoms. The number of aryl methyl sites for hydroxylation is 1. The first-order valence-corrected chi connectivity index (χ1v) is 6.92. The summed E-state index contributed by atoms with van der Waals surface area (Å²) < 4.78 is 0. The number of carbonyl (C=O) groups excluding carboxylic acids is 2. The Kier molecular flexibility index (Phi) is 4.96. The third-order valence-corrected chi connectivity index (χ3v) is 3.25. The highest BCUT2D eigenvalue weighted by Gasteiger charge is 2.14. The average molecular weight is 316 g/mol. The molecule has 0 fully saturated rings. The minimum atomic E-state index is -0.867. The molecule has 2 rings (SSSR count). The number of aliphatic hydroxyl groups is 1. The van der Waals surface area contributed by atoms with E-state index in [-0.39, 0.29) is 5.76 Å². The minimum Gasteiger partial charge on any atom is -0.507 e. The van der Waals surface area contributed by atoms with E-state index in [2.05, 4.69) is 5.32 Å². The smallest absolute Gasteiger partial charge is 0.296 e. The van der Waals surface area contributed by atoms with E-state index in [1.165, 1.54) is 0 Å². The predicted molar refractivity (Wildman–Crippen MR) is 86.9 cm³/mol. The van der Waals surface area contributed by atoms with Crippen LogP contribution < -0.4 is 5.32 Å². The van der Waals surface area contributed by atoms with Gasteiger partial charge in [0.15, 0.2) is 0 Å². The second kappa shape index (κ2) is 6.91. The fourth-order valence-electron chi connectivity index (χ4n) is 1.79. The molecule has 112 valence electrons. The van der Waals surface area contributed by atoms with Crippen molar-refractivity contribution >= 4 is 34.7 Å². The van der Waals surface area contributed by atoms with Crippen LogP contribution in [0.25, 0.3) is 5.76 Å². The number of ketones is 1. The number of carbonyl (C=O) groups is 2. The van der Waals surface area contributed by atoms with Gasteiger partial charge >= 0.3 is 0 Å². The van der Waals surface area contributed by atoms with Crippen LogP contribution in [-0.2, 0) is 9.59 Å². The van der Waals surface area contributed by atoms with Crippen molar-refractivity contribution in [3.05, 3.63) is 70.8 Å². The molecule has 0 radical (unpaired) electrons. The molecule has 0 heterocycles. The minimum absolute atomic E-state index is 0.268. The van der Waals surface area contributed by atoms with Crippen LogP contribution in [0.15, 0.2) is 54.6 Å². The molecule has 0 saturated carbocycles. The quantitative estimate of drug-likeness (QED) is 0.513. The number of hydrogen-bond acceptors (Lipinski definition) is 3. The van der Waals surface area contributed by atoms with Crippen molar-refractivity contribution in [2.45, 2.75) is 6.92 Å². The third kappa shape index (κ3) is 3.96. The van der Waals surface area contributed by atoms with Crippen LogP contribution in [0.5, 0.6) is 0 Å². The molecule has 0 spiro atoms. The van der Waals surface area contributed by atoms with Crippen LogP contribution in [0.3, 0.4) is 0 Å². The lowest BCUT2D eigenvalue weighted by Crippen LogP contribution is -2.21. The van der Waals surface area contributed by atoms with Crippen molar-refractivity contribution < 1.29 is 14.7 Å². The topological polar surface area (TPSA) is 66.4 Å². The maximum atomic E-state index is 11.8. The number of rotatable bonds is 4. The van der Waals surface area contributed by atoms with Gasteiger partial charge in [-0.15, -0.1) is 0 Å². The monoisotopic (exact) mass is 315 g/mol. The highest BCUT2D eigenvalue weighted by molar-refractivity contribution is 6.46. The summed E-state index contributed by atoms with van der Waals surface area (Å²) in [6.07, 6.45) is 0.882. The Morgan fingerprint density at radius 3 is 2.45 bits per heavy atom. The van der Waals surface area contributed by atoms with Gasteiger partial charge in [0.05, 0.1) is 10.7 Å². The van der Waals surface area contributed by atoms with Gasteiger partial charge in [0.25, 0.3) is 5.91 Å². The number of benzene rings is 2. The van der Waals surface area contributed by atoms with Gasteiger partial charge < -0.3 is 10.4 Å². The van der Waals surface area contributed by atoms with E-state index in [0.717, 1.165) is 11.6 Å². The summed E-state index contributed by atoms with van der Waals surface area (Å²) in [4.78, 5) is 23.7. The zero-order valence-electron chi connectivity index (χ0n) is 11.8. The highest BCUT2D eigenvalue weighted by Crippen LogP contribution is 2.22. The molecule has 2 aromatic carbocycles. The molecule has 4 nitrogen and oxygen atoms in total. The number of amides is 1. The van der Waals surface area contributed by atoms with Crippen molar-refractivity contribution in [3.8, 4) is 0 Å². The van der Waals surface area contributed by atoms with Crippen LogP contribution in [0.2, 0.25) is 5.02 Å². The first kappa shape index (κ1) is 15.8. The third-order valence-electron chi connectivity index (χ3n) is 2.93. The highest BCUT2D eigenvalue weighted by atomic mass is 35.5. The van der Waals surface area contributed by atoms with E-state index >= 15 is 0 Å². The van der Waals surface area contributed by atoms with Crippen molar-refractivity contribution in [2.75, 3.05) is 5.32 Å². The zero-order chi connectivity index (χ0) is 16.1. The van der Waals surface area contributed by atoms with Crippen LogP contribution in [0.4, 0.5) is 5.69 Å². The lowest BCUT2D eigenvalue weighted by molar-refractivity contribution is -0.131. The van der Waals surface area contributed by atoms with E-state index in [0.29, 0.717) is 16.3 Å². The van der Waals surface area contributed by atoms with Crippen molar-refractivity contribution in [3.63, 3.8) is 0 Å². The molecular weight excluding hydrogens is 302 g/mol. The summed E-state index contributed by atoms with van der Waals surface area (Å²) >= 11 is 5.99.